The molecule has 0 fully saturated rings. The van der Waals surface area contributed by atoms with E-state index in [2.05, 4.69) is 22.4 Å². The van der Waals surface area contributed by atoms with Crippen molar-refractivity contribution in [1.82, 2.24) is 15.5 Å². The van der Waals surface area contributed by atoms with Gasteiger partial charge in [0.2, 0.25) is 0 Å². The molecule has 0 aliphatic heterocycles. The van der Waals surface area contributed by atoms with Gasteiger partial charge >= 0.3 is 0 Å². The van der Waals surface area contributed by atoms with Crippen LogP contribution in [0.15, 0.2) is 22.7 Å². The maximum Gasteiger partial charge on any atom is 0.264 e. The summed E-state index contributed by atoms with van der Waals surface area (Å²) in [5.41, 5.74) is 1.16. The van der Waals surface area contributed by atoms with Gasteiger partial charge in [0.15, 0.2) is 23.9 Å². The second-order valence-corrected chi connectivity index (χ2v) is 5.04. The Kier molecular flexibility index (Phi) is 6.21. The number of nitrogens with zero attached hydrogens (tertiary/aromatic N) is 2. The van der Waals surface area contributed by atoms with E-state index in [0.717, 1.165) is 18.7 Å². The van der Waals surface area contributed by atoms with E-state index >= 15 is 0 Å². The van der Waals surface area contributed by atoms with Gasteiger partial charge < -0.3 is 19.3 Å². The molecule has 2 rings (SSSR count). The molecule has 0 aliphatic carbocycles. The molecular formula is C16H23N3O3. The SMILES string of the molecule is CCCCNCc1ccc(OCc2nc(C)no2)c(OC)c1. The van der Waals surface area contributed by atoms with Gasteiger partial charge in [-0.15, -0.1) is 0 Å². The summed E-state index contributed by atoms with van der Waals surface area (Å²) in [5, 5.41) is 7.13. The standard InChI is InChI=1S/C16H23N3O3/c1-4-5-8-17-10-13-6-7-14(15(9-13)20-3)21-11-16-18-12(2)19-22-16/h6-7,9,17H,4-5,8,10-11H2,1-3H3. The zero-order valence-electron chi connectivity index (χ0n) is 13.4. The first-order valence-electron chi connectivity index (χ1n) is 7.52. The normalized spacial score (nSPS) is 10.7. The fourth-order valence-corrected chi connectivity index (χ4v) is 2.01. The molecule has 0 radical (unpaired) electrons. The van der Waals surface area contributed by atoms with Crippen LogP contribution < -0.4 is 14.8 Å². The Morgan fingerprint density at radius 2 is 2.14 bits per heavy atom. The molecule has 0 unspecified atom stereocenters. The summed E-state index contributed by atoms with van der Waals surface area (Å²) in [6.45, 7) is 6.02. The minimum atomic E-state index is 0.227. The zero-order valence-corrected chi connectivity index (χ0v) is 13.4. The Labute approximate surface area is 130 Å². The lowest BCUT2D eigenvalue weighted by atomic mass is 10.2. The Morgan fingerprint density at radius 3 is 2.82 bits per heavy atom. The van der Waals surface area contributed by atoms with Crippen molar-refractivity contribution in [2.45, 2.75) is 39.8 Å². The van der Waals surface area contributed by atoms with Crippen molar-refractivity contribution < 1.29 is 14.0 Å². The highest BCUT2D eigenvalue weighted by atomic mass is 16.5. The minimum absolute atomic E-state index is 0.227. The number of aryl methyl sites for hydroxylation is 1. The van der Waals surface area contributed by atoms with Crippen molar-refractivity contribution in [2.24, 2.45) is 0 Å². The number of rotatable bonds is 9. The molecule has 0 saturated carbocycles. The first-order valence-corrected chi connectivity index (χ1v) is 7.52. The van der Waals surface area contributed by atoms with Gasteiger partial charge in [-0.1, -0.05) is 24.6 Å². The molecule has 6 heteroatoms. The van der Waals surface area contributed by atoms with Crippen LogP contribution in [0.3, 0.4) is 0 Å². The van der Waals surface area contributed by atoms with E-state index in [9.17, 15) is 0 Å². The lowest BCUT2D eigenvalue weighted by molar-refractivity contribution is 0.233. The van der Waals surface area contributed by atoms with Gasteiger partial charge in [0.05, 0.1) is 7.11 Å². The minimum Gasteiger partial charge on any atom is -0.493 e. The highest BCUT2D eigenvalue weighted by Crippen LogP contribution is 2.28. The number of hydrogen-bond donors (Lipinski definition) is 1. The molecule has 0 atom stereocenters. The topological polar surface area (TPSA) is 69.4 Å². The van der Waals surface area contributed by atoms with Crippen LogP contribution >= 0.6 is 0 Å². The summed E-state index contributed by atoms with van der Waals surface area (Å²) in [6.07, 6.45) is 2.38. The fraction of sp³-hybridized carbons (Fsp3) is 0.500. The van der Waals surface area contributed by atoms with E-state index in [1.807, 2.05) is 18.2 Å². The first-order chi connectivity index (χ1) is 10.7. The second kappa shape index (κ2) is 8.38. The van der Waals surface area contributed by atoms with Crippen LogP contribution in [0.1, 0.15) is 37.0 Å². The molecule has 0 spiro atoms. The summed E-state index contributed by atoms with van der Waals surface area (Å²) in [5.74, 6) is 2.41. The summed E-state index contributed by atoms with van der Waals surface area (Å²) in [7, 11) is 1.63. The van der Waals surface area contributed by atoms with Crippen molar-refractivity contribution in [3.05, 3.63) is 35.5 Å². The maximum atomic E-state index is 5.68. The van der Waals surface area contributed by atoms with Crippen LogP contribution in [0, 0.1) is 6.92 Å². The average Bonchev–Trinajstić information content (AvgIpc) is 2.95. The number of nitrogens with one attached hydrogen (secondary N) is 1. The van der Waals surface area contributed by atoms with E-state index in [1.54, 1.807) is 14.0 Å². The summed E-state index contributed by atoms with van der Waals surface area (Å²) in [4.78, 5) is 4.10. The zero-order chi connectivity index (χ0) is 15.8. The van der Waals surface area contributed by atoms with Crippen molar-refractivity contribution in [3.63, 3.8) is 0 Å². The monoisotopic (exact) mass is 305 g/mol. The summed E-state index contributed by atoms with van der Waals surface area (Å²) in [6, 6.07) is 5.90. The summed E-state index contributed by atoms with van der Waals surface area (Å²) >= 11 is 0. The van der Waals surface area contributed by atoms with Crippen LogP contribution in [-0.4, -0.2) is 23.8 Å². The van der Waals surface area contributed by atoms with Gasteiger partial charge in [0, 0.05) is 6.54 Å². The molecule has 1 aromatic heterocycles. The largest absolute Gasteiger partial charge is 0.493 e. The molecule has 0 saturated heterocycles. The van der Waals surface area contributed by atoms with E-state index < -0.39 is 0 Å². The number of hydrogen-bond acceptors (Lipinski definition) is 6. The number of ether oxygens (including phenoxy) is 2. The smallest absolute Gasteiger partial charge is 0.264 e. The molecule has 1 heterocycles. The molecule has 0 amide bonds. The Balaban J connectivity index is 1.93. The quantitative estimate of drug-likeness (QED) is 0.718. The molecule has 0 bridgehead atoms. The predicted octanol–water partition coefficient (Wildman–Crippen LogP) is 2.86. The average molecular weight is 305 g/mol. The van der Waals surface area contributed by atoms with Crippen molar-refractivity contribution in [3.8, 4) is 11.5 Å². The third-order valence-electron chi connectivity index (χ3n) is 3.19. The van der Waals surface area contributed by atoms with Crippen LogP contribution in [0.5, 0.6) is 11.5 Å². The van der Waals surface area contributed by atoms with Gasteiger partial charge in [-0.2, -0.15) is 4.98 Å². The maximum absolute atomic E-state index is 5.68. The lowest BCUT2D eigenvalue weighted by Crippen LogP contribution is -2.14. The van der Waals surface area contributed by atoms with Crippen molar-refractivity contribution in [2.75, 3.05) is 13.7 Å². The Bertz CT molecular complexity index is 584. The van der Waals surface area contributed by atoms with E-state index in [0.29, 0.717) is 23.2 Å². The first kappa shape index (κ1) is 16.3. The molecular weight excluding hydrogens is 282 g/mol. The number of methoxy groups -OCH3 is 1. The molecule has 0 aliphatic rings. The third-order valence-corrected chi connectivity index (χ3v) is 3.19. The lowest BCUT2D eigenvalue weighted by Gasteiger charge is -2.11. The van der Waals surface area contributed by atoms with Gasteiger partial charge in [0.1, 0.15) is 0 Å². The van der Waals surface area contributed by atoms with Gasteiger partial charge in [-0.3, -0.25) is 0 Å². The molecule has 22 heavy (non-hydrogen) atoms. The Hall–Kier alpha value is -2.08. The van der Waals surface area contributed by atoms with Crippen LogP contribution in [0.4, 0.5) is 0 Å². The van der Waals surface area contributed by atoms with Crippen LogP contribution in [0.2, 0.25) is 0 Å². The van der Waals surface area contributed by atoms with Gasteiger partial charge in [-0.25, -0.2) is 0 Å². The van der Waals surface area contributed by atoms with Gasteiger partial charge in [-0.05, 0) is 37.6 Å². The molecule has 6 nitrogen and oxygen atoms in total. The predicted molar refractivity (Wildman–Crippen MR) is 83.0 cm³/mol. The molecule has 120 valence electrons. The van der Waals surface area contributed by atoms with Crippen molar-refractivity contribution >= 4 is 0 Å². The van der Waals surface area contributed by atoms with E-state index in [-0.39, 0.29) is 6.61 Å². The fourth-order valence-electron chi connectivity index (χ4n) is 2.01. The van der Waals surface area contributed by atoms with Crippen LogP contribution in [0.25, 0.3) is 0 Å². The number of benzene rings is 1. The Morgan fingerprint density at radius 1 is 1.27 bits per heavy atom. The molecule has 2 aromatic rings. The molecule has 1 aromatic carbocycles. The number of aromatic nitrogens is 2. The van der Waals surface area contributed by atoms with Gasteiger partial charge in [0.25, 0.3) is 5.89 Å². The van der Waals surface area contributed by atoms with E-state index in [1.165, 1.54) is 12.8 Å². The van der Waals surface area contributed by atoms with Crippen LogP contribution in [-0.2, 0) is 13.2 Å². The third kappa shape index (κ3) is 4.73. The van der Waals surface area contributed by atoms with Crippen molar-refractivity contribution in [1.29, 1.82) is 0 Å². The highest BCUT2D eigenvalue weighted by Gasteiger charge is 2.09. The number of unbranched alkanes of at least 4 members (excludes halogenated alkanes) is 1. The summed E-state index contributed by atoms with van der Waals surface area (Å²) < 4.78 is 16.1. The highest BCUT2D eigenvalue weighted by molar-refractivity contribution is 5.42. The second-order valence-electron chi connectivity index (χ2n) is 5.04. The molecule has 1 N–H and O–H groups in total. The van der Waals surface area contributed by atoms with E-state index in [4.69, 9.17) is 14.0 Å².